The number of hydrogen-bond acceptors (Lipinski definition) is 3. The first-order valence-electron chi connectivity index (χ1n) is 5.78. The zero-order chi connectivity index (χ0) is 10.1. The number of fused-ring (bicyclic) bond motifs is 2. The molecule has 0 aromatic rings. The lowest BCUT2D eigenvalue weighted by molar-refractivity contribution is -0.0425. The van der Waals surface area contributed by atoms with Crippen molar-refractivity contribution in [3.8, 4) is 0 Å². The Morgan fingerprint density at radius 3 is 2.36 bits per heavy atom. The Hall–Kier alpha value is -0.120. The molecule has 2 saturated heterocycles. The van der Waals surface area contributed by atoms with Gasteiger partial charge in [-0.25, -0.2) is 0 Å². The van der Waals surface area contributed by atoms with E-state index in [1.807, 2.05) is 0 Å². The molecule has 2 rings (SSSR count). The first-order valence-corrected chi connectivity index (χ1v) is 5.78. The molecule has 82 valence electrons. The number of likely N-dealkylation sites (tertiary alicyclic amines) is 1. The van der Waals surface area contributed by atoms with E-state index in [-0.39, 0.29) is 0 Å². The van der Waals surface area contributed by atoms with Crippen LogP contribution in [0, 0.1) is 5.92 Å². The van der Waals surface area contributed by atoms with Crippen molar-refractivity contribution < 1.29 is 4.74 Å². The van der Waals surface area contributed by atoms with Crippen molar-refractivity contribution >= 4 is 0 Å². The molecule has 2 aliphatic heterocycles. The van der Waals surface area contributed by atoms with Crippen molar-refractivity contribution in [2.24, 2.45) is 11.7 Å². The molecule has 0 amide bonds. The Balaban J connectivity index is 1.82. The summed E-state index contributed by atoms with van der Waals surface area (Å²) in [7, 11) is 0. The Morgan fingerprint density at radius 1 is 1.29 bits per heavy atom. The van der Waals surface area contributed by atoms with Crippen LogP contribution in [-0.2, 0) is 4.74 Å². The topological polar surface area (TPSA) is 38.5 Å². The fourth-order valence-electron chi connectivity index (χ4n) is 2.42. The molecule has 14 heavy (non-hydrogen) atoms. The van der Waals surface area contributed by atoms with Gasteiger partial charge in [-0.2, -0.15) is 0 Å². The Labute approximate surface area is 86.6 Å². The molecule has 2 fully saturated rings. The third-order valence-corrected chi connectivity index (χ3v) is 3.56. The van der Waals surface area contributed by atoms with Gasteiger partial charge in [0, 0.05) is 25.7 Å². The summed E-state index contributed by atoms with van der Waals surface area (Å²) in [6.07, 6.45) is 3.53. The quantitative estimate of drug-likeness (QED) is 0.730. The summed E-state index contributed by atoms with van der Waals surface area (Å²) < 4.78 is 5.80. The van der Waals surface area contributed by atoms with Gasteiger partial charge in [-0.15, -0.1) is 0 Å². The molecule has 0 aliphatic carbocycles. The molecule has 0 aromatic carbocycles. The first-order chi connectivity index (χ1) is 6.65. The Morgan fingerprint density at radius 2 is 1.86 bits per heavy atom. The average Bonchev–Trinajstić information content (AvgIpc) is 2.45. The van der Waals surface area contributed by atoms with Gasteiger partial charge in [-0.1, -0.05) is 6.92 Å². The minimum absolute atomic E-state index is 0.301. The predicted molar refractivity (Wildman–Crippen MR) is 57.1 cm³/mol. The van der Waals surface area contributed by atoms with Gasteiger partial charge in [-0.3, -0.25) is 4.90 Å². The van der Waals surface area contributed by atoms with E-state index in [1.165, 1.54) is 12.8 Å². The van der Waals surface area contributed by atoms with E-state index in [4.69, 9.17) is 10.5 Å². The summed E-state index contributed by atoms with van der Waals surface area (Å²) in [4.78, 5) is 2.53. The third kappa shape index (κ3) is 2.27. The van der Waals surface area contributed by atoms with Crippen molar-refractivity contribution in [2.75, 3.05) is 19.6 Å². The van der Waals surface area contributed by atoms with Crippen LogP contribution in [0.1, 0.15) is 26.7 Å². The van der Waals surface area contributed by atoms with Gasteiger partial charge in [0.1, 0.15) is 0 Å². The van der Waals surface area contributed by atoms with Crippen molar-refractivity contribution in [1.29, 1.82) is 0 Å². The highest BCUT2D eigenvalue weighted by Gasteiger charge is 2.34. The van der Waals surface area contributed by atoms with E-state index < -0.39 is 0 Å². The number of rotatable bonds is 3. The largest absolute Gasteiger partial charge is 0.372 e. The van der Waals surface area contributed by atoms with Crippen LogP contribution in [0.5, 0.6) is 0 Å². The molecule has 3 heteroatoms. The standard InChI is InChI=1S/C11H22N2O/c1-8(9(2)12)5-13-6-10-3-4-11(7-13)14-10/h8-11H,3-7,12H2,1-2H3. The van der Waals surface area contributed by atoms with Crippen molar-refractivity contribution in [1.82, 2.24) is 4.90 Å². The monoisotopic (exact) mass is 198 g/mol. The van der Waals surface area contributed by atoms with Gasteiger partial charge in [0.15, 0.2) is 0 Å². The van der Waals surface area contributed by atoms with E-state index in [0.29, 0.717) is 24.2 Å². The summed E-state index contributed by atoms with van der Waals surface area (Å²) in [6, 6.07) is 0.301. The molecule has 4 unspecified atom stereocenters. The maximum absolute atomic E-state index is 5.88. The molecule has 4 atom stereocenters. The third-order valence-electron chi connectivity index (χ3n) is 3.56. The van der Waals surface area contributed by atoms with Crippen LogP contribution in [0.3, 0.4) is 0 Å². The molecule has 0 spiro atoms. The Bertz CT molecular complexity index is 184. The average molecular weight is 198 g/mol. The maximum atomic E-state index is 5.88. The summed E-state index contributed by atoms with van der Waals surface area (Å²) in [5, 5.41) is 0. The van der Waals surface area contributed by atoms with Crippen LogP contribution in [-0.4, -0.2) is 42.8 Å². The van der Waals surface area contributed by atoms with E-state index in [9.17, 15) is 0 Å². The van der Waals surface area contributed by atoms with Crippen LogP contribution in [0.4, 0.5) is 0 Å². The fourth-order valence-corrected chi connectivity index (χ4v) is 2.42. The second-order valence-electron chi connectivity index (χ2n) is 5.01. The smallest absolute Gasteiger partial charge is 0.0707 e. The van der Waals surface area contributed by atoms with Crippen LogP contribution >= 0.6 is 0 Å². The van der Waals surface area contributed by atoms with Crippen molar-refractivity contribution in [2.45, 2.75) is 44.9 Å². The highest BCUT2D eigenvalue weighted by atomic mass is 16.5. The molecular formula is C11H22N2O. The molecule has 2 heterocycles. The summed E-state index contributed by atoms with van der Waals surface area (Å²) >= 11 is 0. The minimum Gasteiger partial charge on any atom is -0.372 e. The molecule has 3 nitrogen and oxygen atoms in total. The summed E-state index contributed by atoms with van der Waals surface area (Å²) in [5.41, 5.74) is 5.88. The lowest BCUT2D eigenvalue weighted by Gasteiger charge is -2.34. The van der Waals surface area contributed by atoms with Gasteiger partial charge in [0.2, 0.25) is 0 Å². The van der Waals surface area contributed by atoms with E-state index in [2.05, 4.69) is 18.7 Å². The number of hydrogen-bond donors (Lipinski definition) is 1. The van der Waals surface area contributed by atoms with Gasteiger partial charge >= 0.3 is 0 Å². The minimum atomic E-state index is 0.301. The van der Waals surface area contributed by atoms with E-state index >= 15 is 0 Å². The van der Waals surface area contributed by atoms with Gasteiger partial charge in [0.05, 0.1) is 12.2 Å². The van der Waals surface area contributed by atoms with Crippen LogP contribution in [0.25, 0.3) is 0 Å². The van der Waals surface area contributed by atoms with Gasteiger partial charge in [0.25, 0.3) is 0 Å². The predicted octanol–water partition coefficient (Wildman–Crippen LogP) is 0.833. The lowest BCUT2D eigenvalue weighted by atomic mass is 10.0. The van der Waals surface area contributed by atoms with Crippen molar-refractivity contribution in [3.05, 3.63) is 0 Å². The first kappa shape index (κ1) is 10.4. The normalized spacial score (nSPS) is 37.1. The van der Waals surface area contributed by atoms with Crippen LogP contribution in [0.15, 0.2) is 0 Å². The van der Waals surface area contributed by atoms with Crippen molar-refractivity contribution in [3.63, 3.8) is 0 Å². The number of ether oxygens (including phenoxy) is 1. The zero-order valence-corrected chi connectivity index (χ0v) is 9.28. The Kier molecular flexibility index (Phi) is 3.10. The fraction of sp³-hybridized carbons (Fsp3) is 1.00. The number of morpholine rings is 1. The SMILES string of the molecule is CC(N)C(C)CN1CC2CCC(C1)O2. The molecular weight excluding hydrogens is 176 g/mol. The molecule has 2 aliphatic rings. The summed E-state index contributed by atoms with van der Waals surface area (Å²) in [6.45, 7) is 7.71. The molecule has 2 bridgehead atoms. The molecule has 2 N–H and O–H groups in total. The number of nitrogens with two attached hydrogens (primary N) is 1. The number of nitrogens with zero attached hydrogens (tertiary/aromatic N) is 1. The maximum Gasteiger partial charge on any atom is 0.0707 e. The van der Waals surface area contributed by atoms with E-state index in [1.54, 1.807) is 0 Å². The van der Waals surface area contributed by atoms with E-state index in [0.717, 1.165) is 19.6 Å². The molecule has 0 saturated carbocycles. The second-order valence-corrected chi connectivity index (χ2v) is 5.01. The van der Waals surface area contributed by atoms with Gasteiger partial charge in [-0.05, 0) is 25.7 Å². The highest BCUT2D eigenvalue weighted by molar-refractivity contribution is 4.85. The molecule has 0 aromatic heterocycles. The molecule has 0 radical (unpaired) electrons. The lowest BCUT2D eigenvalue weighted by Crippen LogP contribution is -2.46. The van der Waals surface area contributed by atoms with Crippen LogP contribution in [0.2, 0.25) is 0 Å². The highest BCUT2D eigenvalue weighted by Crippen LogP contribution is 2.26. The zero-order valence-electron chi connectivity index (χ0n) is 9.28. The second kappa shape index (κ2) is 4.17. The summed E-state index contributed by atoms with van der Waals surface area (Å²) in [5.74, 6) is 0.590. The van der Waals surface area contributed by atoms with Crippen LogP contribution < -0.4 is 5.73 Å². The van der Waals surface area contributed by atoms with Gasteiger partial charge < -0.3 is 10.5 Å².